The number of nitrogens with zero attached hydrogens (tertiary/aromatic N) is 4. The molecular weight excluding hydrogens is 464 g/mol. The molecule has 182 valence electrons. The Balaban J connectivity index is 2.65. The summed E-state index contributed by atoms with van der Waals surface area (Å²) in [6.45, 7) is 4.62. The predicted octanol–water partition coefficient (Wildman–Crippen LogP) is 5.18. The van der Waals surface area contributed by atoms with E-state index >= 15 is 0 Å². The lowest BCUT2D eigenvalue weighted by molar-refractivity contribution is -0.437. The molecule has 0 fully saturated rings. The first kappa shape index (κ1) is 26.3. The fourth-order valence-electron chi connectivity index (χ4n) is 3.39. The number of rotatable bonds is 8. The molecule has 0 aliphatic carbocycles. The highest BCUT2D eigenvalue weighted by Crippen LogP contribution is 2.34. The highest BCUT2D eigenvalue weighted by atomic mass is 16.6. The van der Waals surface area contributed by atoms with Crippen LogP contribution in [0, 0.1) is 25.4 Å². The smallest absolute Gasteiger partial charge is 0.284 e. The first-order chi connectivity index (χ1) is 16.3. The number of azo groups is 1. The maximum absolute atomic E-state index is 12.6. The number of allylic oxidation sites excluding steroid dienone is 4. The van der Waals surface area contributed by atoms with E-state index < -0.39 is 44.3 Å². The Hall–Kier alpha value is -4.94. The predicted molar refractivity (Wildman–Crippen MR) is 123 cm³/mol. The average Bonchev–Trinajstić information content (AvgIpc) is 2.73. The van der Waals surface area contributed by atoms with E-state index in [9.17, 15) is 45.2 Å². The van der Waals surface area contributed by atoms with Gasteiger partial charge >= 0.3 is 0 Å². The van der Waals surface area contributed by atoms with Gasteiger partial charge in [-0.1, -0.05) is 0 Å². The Morgan fingerprint density at radius 2 is 1.17 bits per heavy atom. The zero-order valence-corrected chi connectivity index (χ0v) is 19.0. The zero-order valence-electron chi connectivity index (χ0n) is 19.0. The Kier molecular flexibility index (Phi) is 7.77. The monoisotopic (exact) mass is 484 g/mol. The summed E-state index contributed by atoms with van der Waals surface area (Å²) in [5.41, 5.74) is -2.75. The van der Waals surface area contributed by atoms with Crippen LogP contribution in [0.5, 0.6) is 0 Å². The van der Waals surface area contributed by atoms with Crippen molar-refractivity contribution in [3.63, 3.8) is 0 Å². The highest BCUT2D eigenvalue weighted by molar-refractivity contribution is 6.21. The molecule has 13 heteroatoms. The van der Waals surface area contributed by atoms with Crippen molar-refractivity contribution >= 4 is 45.5 Å². The summed E-state index contributed by atoms with van der Waals surface area (Å²) in [4.78, 5) is 45.1. The minimum Gasteiger partial charge on any atom is -0.594 e. The van der Waals surface area contributed by atoms with E-state index in [1.165, 1.54) is 19.9 Å². The Morgan fingerprint density at radius 3 is 1.57 bits per heavy atom. The number of hydrogen-bond donors (Lipinski definition) is 2. The van der Waals surface area contributed by atoms with Crippen molar-refractivity contribution in [3.8, 4) is 0 Å². The first-order valence-electron chi connectivity index (χ1n) is 9.84. The summed E-state index contributed by atoms with van der Waals surface area (Å²) in [6, 6.07) is 6.30. The standard InChI is InChI=1S/C22H20N4O9/c1-11(27)21(12(2)28)17-7-5-15(9-19(17)25(32)33)23-24(31)16-6-8-18(20(10-16)26(34)35)22(13(3)29)14(4)30/h5-10,27,29H,1-4H3. The van der Waals surface area contributed by atoms with Gasteiger partial charge in [-0.3, -0.25) is 29.8 Å². The third-order valence-corrected chi connectivity index (χ3v) is 4.75. The molecule has 0 heterocycles. The number of ketones is 2. The Bertz CT molecular complexity index is 1350. The fraction of sp³-hybridized carbons (Fsp3) is 0.182. The van der Waals surface area contributed by atoms with Gasteiger partial charge < -0.3 is 15.4 Å². The van der Waals surface area contributed by atoms with Crippen molar-refractivity contribution in [2.24, 2.45) is 5.11 Å². The van der Waals surface area contributed by atoms with E-state index in [0.29, 0.717) is 0 Å². The molecule has 35 heavy (non-hydrogen) atoms. The second-order valence-corrected chi connectivity index (χ2v) is 7.32. The molecule has 0 amide bonds. The molecule has 0 aromatic heterocycles. The molecule has 0 radical (unpaired) electrons. The molecule has 2 aromatic carbocycles. The molecule has 0 bridgehead atoms. The minimum absolute atomic E-state index is 0.0164. The third kappa shape index (κ3) is 5.71. The van der Waals surface area contributed by atoms with Gasteiger partial charge in [0.15, 0.2) is 11.6 Å². The van der Waals surface area contributed by atoms with E-state index in [4.69, 9.17) is 0 Å². The number of nitro groups is 2. The van der Waals surface area contributed by atoms with Crippen LogP contribution >= 0.6 is 0 Å². The van der Waals surface area contributed by atoms with Gasteiger partial charge in [0, 0.05) is 17.2 Å². The molecule has 0 aliphatic rings. The molecule has 2 N–H and O–H groups in total. The SMILES string of the molecule is CC(=O)C(=C(C)O)c1ccc(N=[N+]([O-])c2ccc(C(C(C)=O)=C(C)O)c([N+](=O)[O-])c2)cc1[N+](=O)[O-]. The number of aliphatic hydroxyl groups is 2. The summed E-state index contributed by atoms with van der Waals surface area (Å²) >= 11 is 0. The normalized spacial score (nSPS) is 13.0. The second-order valence-electron chi connectivity index (χ2n) is 7.32. The topological polar surface area (TPSA) is 199 Å². The van der Waals surface area contributed by atoms with Crippen LogP contribution in [0.1, 0.15) is 38.8 Å². The number of Topliss-reactive ketones (excluding diaryl/α,β-unsaturated/α-hetero) is 2. The summed E-state index contributed by atoms with van der Waals surface area (Å²) in [6.07, 6.45) is 0. The zero-order chi connectivity index (χ0) is 26.6. The maximum Gasteiger partial charge on any atom is 0.284 e. The van der Waals surface area contributed by atoms with Gasteiger partial charge in [0.25, 0.3) is 17.1 Å². The summed E-state index contributed by atoms with van der Waals surface area (Å²) in [5.74, 6) is -2.12. The minimum atomic E-state index is -0.842. The van der Waals surface area contributed by atoms with Gasteiger partial charge in [-0.05, 0) is 50.8 Å². The molecule has 13 nitrogen and oxygen atoms in total. The molecule has 2 aromatic rings. The van der Waals surface area contributed by atoms with Crippen LogP contribution in [0.15, 0.2) is 53.0 Å². The molecular formula is C22H20N4O9. The van der Waals surface area contributed by atoms with Crippen LogP contribution in [0.4, 0.5) is 22.7 Å². The van der Waals surface area contributed by atoms with E-state index in [1.54, 1.807) is 0 Å². The summed E-state index contributed by atoms with van der Waals surface area (Å²) in [5, 5.41) is 58.9. The number of hydrogen-bond acceptors (Lipinski definition) is 10. The molecule has 0 spiro atoms. The van der Waals surface area contributed by atoms with Crippen LogP contribution < -0.4 is 0 Å². The highest BCUT2D eigenvalue weighted by Gasteiger charge is 2.26. The molecule has 0 atom stereocenters. The molecule has 0 unspecified atom stereocenters. The van der Waals surface area contributed by atoms with Gasteiger partial charge in [0.1, 0.15) is 17.2 Å². The number of nitro benzene ring substituents is 2. The maximum atomic E-state index is 12.6. The molecule has 2 rings (SSSR count). The average molecular weight is 484 g/mol. The molecule has 0 saturated heterocycles. The van der Waals surface area contributed by atoms with Gasteiger partial charge in [-0.2, -0.15) is 0 Å². The summed E-state index contributed by atoms with van der Waals surface area (Å²) in [7, 11) is 0. The summed E-state index contributed by atoms with van der Waals surface area (Å²) < 4.78 is 0. The van der Waals surface area contributed by atoms with Gasteiger partial charge in [0.05, 0.1) is 38.2 Å². The van der Waals surface area contributed by atoms with Crippen LogP contribution in [-0.4, -0.2) is 36.5 Å². The van der Waals surface area contributed by atoms with Crippen molar-refractivity contribution in [1.82, 2.24) is 0 Å². The third-order valence-electron chi connectivity index (χ3n) is 4.75. The molecule has 0 aliphatic heterocycles. The number of carbonyl (C=O) groups excluding carboxylic acids is 2. The fourth-order valence-corrected chi connectivity index (χ4v) is 3.39. The van der Waals surface area contributed by atoms with Crippen molar-refractivity contribution in [2.75, 3.05) is 0 Å². The van der Waals surface area contributed by atoms with Crippen LogP contribution in [-0.2, 0) is 9.59 Å². The Labute approximate surface area is 197 Å². The van der Waals surface area contributed by atoms with E-state index in [-0.39, 0.29) is 38.5 Å². The largest absolute Gasteiger partial charge is 0.594 e. The molecule has 0 saturated carbocycles. The van der Waals surface area contributed by atoms with Gasteiger partial charge in [0.2, 0.25) is 0 Å². The lowest BCUT2D eigenvalue weighted by atomic mass is 9.99. The van der Waals surface area contributed by atoms with Crippen LogP contribution in [0.3, 0.4) is 0 Å². The number of carbonyl (C=O) groups is 2. The van der Waals surface area contributed by atoms with Crippen molar-refractivity contribution in [2.45, 2.75) is 27.7 Å². The van der Waals surface area contributed by atoms with Crippen molar-refractivity contribution in [1.29, 1.82) is 0 Å². The quantitative estimate of drug-likeness (QED) is 0.126. The number of aliphatic hydroxyl groups excluding tert-OH is 2. The van der Waals surface area contributed by atoms with Crippen LogP contribution in [0.25, 0.3) is 11.1 Å². The lowest BCUT2D eigenvalue weighted by Crippen LogP contribution is -2.04. The van der Waals surface area contributed by atoms with Crippen molar-refractivity contribution < 1.29 is 34.5 Å². The Morgan fingerprint density at radius 1 is 0.743 bits per heavy atom. The van der Waals surface area contributed by atoms with E-state index in [0.717, 1.165) is 44.2 Å². The number of benzene rings is 2. The van der Waals surface area contributed by atoms with Crippen LogP contribution in [0.2, 0.25) is 0 Å². The first-order valence-corrected chi connectivity index (χ1v) is 9.84. The van der Waals surface area contributed by atoms with E-state index in [1.807, 2.05) is 0 Å². The lowest BCUT2D eigenvalue weighted by Gasteiger charge is -2.08. The van der Waals surface area contributed by atoms with Gasteiger partial charge in [-0.15, -0.1) is 0 Å². The van der Waals surface area contributed by atoms with E-state index in [2.05, 4.69) is 5.11 Å². The second kappa shape index (κ2) is 10.3. The van der Waals surface area contributed by atoms with Gasteiger partial charge in [-0.25, -0.2) is 0 Å². The van der Waals surface area contributed by atoms with Crippen molar-refractivity contribution in [3.05, 3.63) is 84.5 Å².